The maximum absolute atomic E-state index is 14.3. The number of carbonyl (C=O) groups excluding carboxylic acids is 1. The highest BCUT2D eigenvalue weighted by Gasteiger charge is 2.62. The standard InChI is InChI=1S/C24H20Cl2F4N2O2/c25-18-8-13(9-19(26)21(18)27)23(24(28,29)30)10-20(32-34-23)16-6-7-17(15-3-1-2-14(15)16)22(33)31-11-12-4-5-12/h6-9,12H,1-5,10-11H2,(H,31,33). The molecule has 180 valence electrons. The normalized spacial score (nSPS) is 21.8. The molecule has 2 aromatic carbocycles. The van der Waals surface area contributed by atoms with E-state index in [1.807, 2.05) is 0 Å². The Balaban J connectivity index is 1.48. The molecule has 5 rings (SSSR count). The van der Waals surface area contributed by atoms with Crippen molar-refractivity contribution >= 4 is 34.8 Å². The third kappa shape index (κ3) is 3.94. The first-order valence-corrected chi connectivity index (χ1v) is 11.8. The second-order valence-electron chi connectivity index (χ2n) is 9.01. The van der Waals surface area contributed by atoms with Crippen molar-refractivity contribution in [2.45, 2.75) is 50.3 Å². The van der Waals surface area contributed by atoms with E-state index < -0.39 is 39.6 Å². The molecular weight excluding hydrogens is 495 g/mol. The van der Waals surface area contributed by atoms with E-state index in [-0.39, 0.29) is 11.6 Å². The molecule has 1 N–H and O–H groups in total. The summed E-state index contributed by atoms with van der Waals surface area (Å²) in [6.45, 7) is 0.632. The van der Waals surface area contributed by atoms with Gasteiger partial charge in [0.1, 0.15) is 0 Å². The molecule has 10 heteroatoms. The van der Waals surface area contributed by atoms with Crippen LogP contribution in [0, 0.1) is 11.7 Å². The van der Waals surface area contributed by atoms with Gasteiger partial charge in [-0.3, -0.25) is 4.79 Å². The number of carbonyl (C=O) groups is 1. The highest BCUT2D eigenvalue weighted by atomic mass is 35.5. The van der Waals surface area contributed by atoms with Crippen molar-refractivity contribution in [1.82, 2.24) is 5.32 Å². The Hall–Kier alpha value is -2.32. The molecule has 2 aromatic rings. The van der Waals surface area contributed by atoms with Crippen molar-refractivity contribution in [3.63, 3.8) is 0 Å². The van der Waals surface area contributed by atoms with Gasteiger partial charge in [-0.05, 0) is 67.3 Å². The van der Waals surface area contributed by atoms with Gasteiger partial charge in [0.15, 0.2) is 5.82 Å². The first-order chi connectivity index (χ1) is 16.1. The molecule has 1 fully saturated rings. The number of hydrogen-bond acceptors (Lipinski definition) is 3. The van der Waals surface area contributed by atoms with Crippen molar-refractivity contribution < 1.29 is 27.2 Å². The van der Waals surface area contributed by atoms with Crippen molar-refractivity contribution in [3.8, 4) is 0 Å². The first-order valence-electron chi connectivity index (χ1n) is 11.0. The second kappa shape index (κ2) is 8.41. The number of nitrogens with zero attached hydrogens (tertiary/aromatic N) is 1. The fourth-order valence-electron chi connectivity index (χ4n) is 4.68. The Morgan fingerprint density at radius 2 is 1.82 bits per heavy atom. The SMILES string of the molecule is O=C(NCC1CC1)c1ccc(C2=NOC(c3cc(Cl)c(F)c(Cl)c3)(C(F)(F)F)C2)c2c1CCC2. The zero-order valence-corrected chi connectivity index (χ0v) is 19.4. The molecule has 1 unspecified atom stereocenters. The molecule has 0 radical (unpaired) electrons. The van der Waals surface area contributed by atoms with Crippen LogP contribution in [0.2, 0.25) is 10.0 Å². The number of rotatable bonds is 5. The van der Waals surface area contributed by atoms with E-state index >= 15 is 0 Å². The van der Waals surface area contributed by atoms with Crippen LogP contribution in [0.4, 0.5) is 17.6 Å². The number of fused-ring (bicyclic) bond motifs is 1. The molecule has 1 saturated carbocycles. The maximum atomic E-state index is 14.3. The molecule has 1 amide bonds. The van der Waals surface area contributed by atoms with Crippen LogP contribution in [0.3, 0.4) is 0 Å². The maximum Gasteiger partial charge on any atom is 0.435 e. The van der Waals surface area contributed by atoms with E-state index in [0.29, 0.717) is 36.4 Å². The Morgan fingerprint density at radius 3 is 2.47 bits per heavy atom. The summed E-state index contributed by atoms with van der Waals surface area (Å²) in [7, 11) is 0. The van der Waals surface area contributed by atoms with E-state index in [0.717, 1.165) is 42.5 Å². The number of halogens is 6. The Kier molecular flexibility index (Phi) is 5.80. The summed E-state index contributed by atoms with van der Waals surface area (Å²) in [4.78, 5) is 17.8. The third-order valence-corrected chi connectivity index (χ3v) is 7.27. The Morgan fingerprint density at radius 1 is 1.15 bits per heavy atom. The van der Waals surface area contributed by atoms with E-state index in [1.165, 1.54) is 0 Å². The number of nitrogens with one attached hydrogen (secondary N) is 1. The minimum Gasteiger partial charge on any atom is -0.374 e. The molecule has 34 heavy (non-hydrogen) atoms. The highest BCUT2D eigenvalue weighted by molar-refractivity contribution is 6.35. The lowest BCUT2D eigenvalue weighted by molar-refractivity contribution is -0.275. The highest BCUT2D eigenvalue weighted by Crippen LogP contribution is 2.50. The molecule has 0 bridgehead atoms. The number of alkyl halides is 3. The van der Waals surface area contributed by atoms with Gasteiger partial charge in [-0.2, -0.15) is 13.2 Å². The minimum atomic E-state index is -4.88. The molecule has 2 aliphatic carbocycles. The van der Waals surface area contributed by atoms with Gasteiger partial charge in [-0.1, -0.05) is 34.4 Å². The van der Waals surface area contributed by atoms with E-state index in [2.05, 4.69) is 10.5 Å². The Bertz CT molecular complexity index is 1190. The fourth-order valence-corrected chi connectivity index (χ4v) is 5.17. The van der Waals surface area contributed by atoms with E-state index in [1.54, 1.807) is 12.1 Å². The summed E-state index contributed by atoms with van der Waals surface area (Å²) in [5.74, 6) is -0.636. The average molecular weight is 515 g/mol. The van der Waals surface area contributed by atoms with Crippen molar-refractivity contribution in [2.75, 3.05) is 6.54 Å². The molecule has 3 aliphatic rings. The van der Waals surface area contributed by atoms with Gasteiger partial charge in [0.25, 0.3) is 11.5 Å². The summed E-state index contributed by atoms with van der Waals surface area (Å²) in [5.41, 5.74) is -0.442. The fraction of sp³-hybridized carbons (Fsp3) is 0.417. The van der Waals surface area contributed by atoms with Gasteiger partial charge < -0.3 is 10.2 Å². The molecular formula is C24H20Cl2F4N2O2. The zero-order chi connectivity index (χ0) is 24.3. The van der Waals surface area contributed by atoms with Gasteiger partial charge in [0.2, 0.25) is 0 Å². The molecule has 0 saturated heterocycles. The van der Waals surface area contributed by atoms with Crippen molar-refractivity contribution in [1.29, 1.82) is 0 Å². The van der Waals surface area contributed by atoms with Crippen molar-refractivity contribution in [3.05, 3.63) is 67.9 Å². The zero-order valence-electron chi connectivity index (χ0n) is 17.9. The summed E-state index contributed by atoms with van der Waals surface area (Å²) in [6, 6.07) is 5.01. The average Bonchev–Trinajstić information content (AvgIpc) is 3.28. The van der Waals surface area contributed by atoms with E-state index in [4.69, 9.17) is 28.0 Å². The van der Waals surface area contributed by atoms with Crippen LogP contribution < -0.4 is 5.32 Å². The van der Waals surface area contributed by atoms with Crippen LogP contribution >= 0.6 is 23.2 Å². The van der Waals surface area contributed by atoms with Gasteiger partial charge in [0.05, 0.1) is 15.8 Å². The second-order valence-corrected chi connectivity index (χ2v) is 9.82. The molecule has 4 nitrogen and oxygen atoms in total. The summed E-state index contributed by atoms with van der Waals surface area (Å²) in [6.07, 6.45) is -1.21. The topological polar surface area (TPSA) is 50.7 Å². The van der Waals surface area contributed by atoms with Crippen LogP contribution in [0.15, 0.2) is 29.4 Å². The van der Waals surface area contributed by atoms with Gasteiger partial charge in [-0.15, -0.1) is 0 Å². The number of benzene rings is 2. The molecule has 0 spiro atoms. The quantitative estimate of drug-likeness (QED) is 0.373. The van der Waals surface area contributed by atoms with Gasteiger partial charge in [-0.25, -0.2) is 4.39 Å². The summed E-state index contributed by atoms with van der Waals surface area (Å²) < 4.78 is 56.8. The van der Waals surface area contributed by atoms with Crippen molar-refractivity contribution in [2.24, 2.45) is 11.1 Å². The molecule has 1 atom stereocenters. The number of oxime groups is 1. The van der Waals surface area contributed by atoms with Crippen LogP contribution in [-0.4, -0.2) is 24.3 Å². The van der Waals surface area contributed by atoms with Crippen LogP contribution in [0.5, 0.6) is 0 Å². The van der Waals surface area contributed by atoms with E-state index in [9.17, 15) is 22.4 Å². The van der Waals surface area contributed by atoms with Gasteiger partial charge in [0, 0.05) is 29.7 Å². The minimum absolute atomic E-state index is 0.108. The first kappa shape index (κ1) is 23.4. The molecule has 1 heterocycles. The van der Waals surface area contributed by atoms with Crippen LogP contribution in [-0.2, 0) is 23.3 Å². The monoisotopic (exact) mass is 514 g/mol. The Labute approximate surface area is 203 Å². The molecule has 0 aromatic heterocycles. The van der Waals surface area contributed by atoms with Crippen LogP contribution in [0.25, 0.3) is 0 Å². The largest absolute Gasteiger partial charge is 0.435 e. The smallest absolute Gasteiger partial charge is 0.374 e. The summed E-state index contributed by atoms with van der Waals surface area (Å²) in [5, 5.41) is 5.70. The lowest BCUT2D eigenvalue weighted by Crippen LogP contribution is -2.42. The lowest BCUT2D eigenvalue weighted by atomic mass is 9.84. The predicted octanol–water partition coefficient (Wildman–Crippen LogP) is 6.34. The third-order valence-electron chi connectivity index (χ3n) is 6.72. The van der Waals surface area contributed by atoms with Crippen LogP contribution in [0.1, 0.15) is 58.3 Å². The number of hydrogen-bond donors (Lipinski definition) is 1. The lowest BCUT2D eigenvalue weighted by Gasteiger charge is -2.30. The molecule has 1 aliphatic heterocycles. The predicted molar refractivity (Wildman–Crippen MR) is 120 cm³/mol. The van der Waals surface area contributed by atoms with Gasteiger partial charge >= 0.3 is 6.18 Å². The number of amides is 1. The summed E-state index contributed by atoms with van der Waals surface area (Å²) >= 11 is 11.6.